The largest absolute Gasteiger partial charge is 0.486 e. The van der Waals surface area contributed by atoms with E-state index >= 15 is 0 Å². The Hall–Kier alpha value is -3.74. The second-order valence-corrected chi connectivity index (χ2v) is 9.88. The van der Waals surface area contributed by atoms with E-state index in [2.05, 4.69) is 43.2 Å². The van der Waals surface area contributed by atoms with E-state index in [4.69, 9.17) is 4.74 Å². The SMILES string of the molecule is Cc1cc(C)cc(N2C(=O)NC(=O)/C(=C\c3cc(Br)c(OCc4ccccc4C#N)c(Br)c3)C2=O)c1. The van der Waals surface area contributed by atoms with E-state index in [1.807, 2.05) is 32.0 Å². The van der Waals surface area contributed by atoms with E-state index in [0.717, 1.165) is 21.6 Å². The first-order chi connectivity index (χ1) is 17.2. The smallest absolute Gasteiger partial charge is 0.335 e. The number of ether oxygens (including phenoxy) is 1. The average Bonchev–Trinajstić information content (AvgIpc) is 2.80. The Labute approximate surface area is 224 Å². The fourth-order valence-corrected chi connectivity index (χ4v) is 5.30. The number of hydrogen-bond donors (Lipinski definition) is 1. The van der Waals surface area contributed by atoms with E-state index in [1.54, 1.807) is 36.4 Å². The quantitative estimate of drug-likeness (QED) is 0.285. The summed E-state index contributed by atoms with van der Waals surface area (Å²) in [5.41, 5.74) is 3.78. The van der Waals surface area contributed by atoms with Crippen LogP contribution in [0, 0.1) is 25.2 Å². The number of carbonyl (C=O) groups excluding carboxylic acids is 3. The number of rotatable bonds is 5. The zero-order valence-corrected chi connectivity index (χ0v) is 22.4. The molecule has 1 saturated heterocycles. The Bertz CT molecular complexity index is 1450. The molecule has 0 saturated carbocycles. The lowest BCUT2D eigenvalue weighted by molar-refractivity contribution is -0.122. The highest BCUT2D eigenvalue weighted by Crippen LogP contribution is 2.36. The fourth-order valence-electron chi connectivity index (χ4n) is 3.84. The monoisotopic (exact) mass is 607 g/mol. The molecule has 0 aliphatic carbocycles. The Morgan fingerprint density at radius 1 is 1.00 bits per heavy atom. The normalized spacial score (nSPS) is 14.6. The Kier molecular flexibility index (Phi) is 7.38. The molecular formula is C27H19Br2N3O4. The summed E-state index contributed by atoms with van der Waals surface area (Å²) >= 11 is 6.95. The minimum atomic E-state index is -0.795. The first-order valence-electron chi connectivity index (χ1n) is 10.8. The van der Waals surface area contributed by atoms with Crippen molar-refractivity contribution in [2.24, 2.45) is 0 Å². The number of urea groups is 1. The molecule has 36 heavy (non-hydrogen) atoms. The van der Waals surface area contributed by atoms with E-state index in [1.165, 1.54) is 6.08 Å². The molecule has 0 atom stereocenters. The summed E-state index contributed by atoms with van der Waals surface area (Å²) in [5, 5.41) is 11.5. The van der Waals surface area contributed by atoms with Crippen molar-refractivity contribution in [2.45, 2.75) is 20.5 Å². The lowest BCUT2D eigenvalue weighted by Crippen LogP contribution is -2.54. The number of carbonyl (C=O) groups is 3. The van der Waals surface area contributed by atoms with Crippen molar-refractivity contribution in [2.75, 3.05) is 4.90 Å². The van der Waals surface area contributed by atoms with Gasteiger partial charge in [-0.05, 0) is 98.8 Å². The minimum Gasteiger partial charge on any atom is -0.486 e. The second-order valence-electron chi connectivity index (χ2n) is 8.18. The molecule has 1 fully saturated rings. The van der Waals surface area contributed by atoms with Crippen LogP contribution in [0.2, 0.25) is 0 Å². The second kappa shape index (κ2) is 10.5. The molecule has 1 aliphatic rings. The maximum absolute atomic E-state index is 13.2. The van der Waals surface area contributed by atoms with Crippen molar-refractivity contribution in [3.63, 3.8) is 0 Å². The minimum absolute atomic E-state index is 0.176. The topological polar surface area (TPSA) is 99.5 Å². The van der Waals surface area contributed by atoms with Crippen molar-refractivity contribution in [3.8, 4) is 11.8 Å². The van der Waals surface area contributed by atoms with Crippen LogP contribution in [0.1, 0.15) is 27.8 Å². The zero-order valence-electron chi connectivity index (χ0n) is 19.3. The van der Waals surface area contributed by atoms with Gasteiger partial charge in [-0.2, -0.15) is 5.26 Å². The first kappa shape index (κ1) is 25.4. The molecule has 3 aromatic carbocycles. The number of nitrogens with one attached hydrogen (secondary N) is 1. The summed E-state index contributed by atoms with van der Waals surface area (Å²) in [5.74, 6) is -0.989. The number of nitriles is 1. The molecule has 9 heteroatoms. The van der Waals surface area contributed by atoms with Gasteiger partial charge in [-0.1, -0.05) is 24.3 Å². The maximum Gasteiger partial charge on any atom is 0.335 e. The van der Waals surface area contributed by atoms with Crippen molar-refractivity contribution >= 4 is 61.5 Å². The van der Waals surface area contributed by atoms with E-state index in [0.29, 0.717) is 31.5 Å². The highest BCUT2D eigenvalue weighted by Gasteiger charge is 2.37. The molecule has 0 radical (unpaired) electrons. The molecule has 0 aromatic heterocycles. The molecular weight excluding hydrogens is 590 g/mol. The molecule has 180 valence electrons. The third-order valence-electron chi connectivity index (χ3n) is 5.41. The van der Waals surface area contributed by atoms with Crippen LogP contribution in [0.15, 0.2) is 69.1 Å². The molecule has 3 aromatic rings. The Morgan fingerprint density at radius 3 is 2.28 bits per heavy atom. The zero-order chi connectivity index (χ0) is 26.0. The van der Waals surface area contributed by atoms with Crippen molar-refractivity contribution in [1.29, 1.82) is 5.26 Å². The summed E-state index contributed by atoms with van der Waals surface area (Å²) in [6, 6.07) is 17.2. The van der Waals surface area contributed by atoms with Gasteiger partial charge in [0.25, 0.3) is 11.8 Å². The number of hydrogen-bond acceptors (Lipinski definition) is 5. The predicted octanol–water partition coefficient (Wildman–Crippen LogP) is 5.95. The van der Waals surface area contributed by atoms with Crippen LogP contribution < -0.4 is 15.0 Å². The van der Waals surface area contributed by atoms with Gasteiger partial charge in [-0.25, -0.2) is 9.69 Å². The van der Waals surface area contributed by atoms with Gasteiger partial charge in [0.1, 0.15) is 17.9 Å². The van der Waals surface area contributed by atoms with Gasteiger partial charge < -0.3 is 4.74 Å². The average molecular weight is 609 g/mol. The van der Waals surface area contributed by atoms with Crippen LogP contribution in [-0.2, 0) is 16.2 Å². The molecule has 4 amide bonds. The number of nitrogens with zero attached hydrogens (tertiary/aromatic N) is 2. The van der Waals surface area contributed by atoms with Gasteiger partial charge in [0.15, 0.2) is 0 Å². The van der Waals surface area contributed by atoms with Gasteiger partial charge in [-0.3, -0.25) is 14.9 Å². The summed E-state index contributed by atoms with van der Waals surface area (Å²) in [4.78, 5) is 39.3. The van der Waals surface area contributed by atoms with Crippen LogP contribution in [-0.4, -0.2) is 17.8 Å². The van der Waals surface area contributed by atoms with Gasteiger partial charge in [-0.15, -0.1) is 0 Å². The first-order valence-corrected chi connectivity index (χ1v) is 12.4. The molecule has 1 heterocycles. The van der Waals surface area contributed by atoms with Gasteiger partial charge in [0, 0.05) is 5.56 Å². The molecule has 4 rings (SSSR count). The fraction of sp³-hybridized carbons (Fsp3) is 0.111. The van der Waals surface area contributed by atoms with Gasteiger partial charge in [0.05, 0.1) is 26.3 Å². The number of amides is 4. The van der Waals surface area contributed by atoms with E-state index in [-0.39, 0.29) is 12.2 Å². The van der Waals surface area contributed by atoms with Crippen LogP contribution in [0.25, 0.3) is 6.08 Å². The van der Waals surface area contributed by atoms with Gasteiger partial charge in [0.2, 0.25) is 0 Å². The van der Waals surface area contributed by atoms with E-state index in [9.17, 15) is 19.6 Å². The summed E-state index contributed by atoms with van der Waals surface area (Å²) in [6.45, 7) is 3.90. The summed E-state index contributed by atoms with van der Waals surface area (Å²) < 4.78 is 7.08. The third-order valence-corrected chi connectivity index (χ3v) is 6.59. The van der Waals surface area contributed by atoms with E-state index < -0.39 is 17.8 Å². The number of imide groups is 2. The number of aryl methyl sites for hydroxylation is 2. The number of barbiturate groups is 1. The molecule has 1 aliphatic heterocycles. The maximum atomic E-state index is 13.2. The van der Waals surface area contributed by atoms with Crippen LogP contribution in [0.4, 0.5) is 10.5 Å². The molecule has 0 unspecified atom stereocenters. The molecule has 0 spiro atoms. The lowest BCUT2D eigenvalue weighted by atomic mass is 10.1. The highest BCUT2D eigenvalue weighted by molar-refractivity contribution is 9.11. The van der Waals surface area contributed by atoms with Gasteiger partial charge >= 0.3 is 6.03 Å². The number of benzene rings is 3. The summed E-state index contributed by atoms with van der Waals surface area (Å²) in [6.07, 6.45) is 1.42. The molecule has 0 bridgehead atoms. The molecule has 7 nitrogen and oxygen atoms in total. The number of anilines is 1. The third kappa shape index (κ3) is 5.25. The van der Waals surface area contributed by atoms with Crippen molar-refractivity contribution in [3.05, 3.63) is 96.9 Å². The van der Waals surface area contributed by atoms with Crippen LogP contribution >= 0.6 is 31.9 Å². The highest BCUT2D eigenvalue weighted by atomic mass is 79.9. The number of halogens is 2. The lowest BCUT2D eigenvalue weighted by Gasteiger charge is -2.27. The molecule has 1 N–H and O–H groups in total. The van der Waals surface area contributed by atoms with Crippen molar-refractivity contribution in [1.82, 2.24) is 5.32 Å². The van der Waals surface area contributed by atoms with Crippen LogP contribution in [0.5, 0.6) is 5.75 Å². The Balaban J connectivity index is 1.63. The summed E-state index contributed by atoms with van der Waals surface area (Å²) in [7, 11) is 0. The van der Waals surface area contributed by atoms with Crippen molar-refractivity contribution < 1.29 is 19.1 Å². The Morgan fingerprint density at radius 2 is 1.64 bits per heavy atom. The van der Waals surface area contributed by atoms with Crippen LogP contribution in [0.3, 0.4) is 0 Å². The predicted molar refractivity (Wildman–Crippen MR) is 142 cm³/mol. The standard InChI is InChI=1S/C27H19Br2N3O4/c1-15-7-16(2)9-20(8-15)32-26(34)21(25(33)31-27(32)35)10-17-11-22(28)24(23(29)12-17)36-14-19-6-4-3-5-18(19)13-30/h3-12H,14H2,1-2H3,(H,31,33,35)/b21-10+.